The Morgan fingerprint density at radius 2 is 1.97 bits per heavy atom. The maximum atomic E-state index is 9.48. The molecule has 0 saturated carbocycles. The van der Waals surface area contributed by atoms with E-state index in [-0.39, 0.29) is 12.5 Å². The Hall–Kier alpha value is -3.24. The van der Waals surface area contributed by atoms with Gasteiger partial charge in [0.1, 0.15) is 11.5 Å². The summed E-state index contributed by atoms with van der Waals surface area (Å²) in [5, 5.41) is 9.48. The topological polar surface area (TPSA) is 43.6 Å². The molecule has 0 spiro atoms. The Bertz CT molecular complexity index is 1100. The van der Waals surface area contributed by atoms with E-state index in [4.69, 9.17) is 9.47 Å². The number of aliphatic hydroxyl groups is 1. The van der Waals surface area contributed by atoms with Crippen LogP contribution < -0.4 is 9.47 Å². The van der Waals surface area contributed by atoms with Crippen molar-refractivity contribution in [1.29, 1.82) is 0 Å². The zero-order valence-corrected chi connectivity index (χ0v) is 17.6. The van der Waals surface area contributed by atoms with Crippen molar-refractivity contribution in [2.24, 2.45) is 0 Å². The van der Waals surface area contributed by atoms with Crippen molar-refractivity contribution in [3.8, 4) is 22.8 Å². The number of ether oxygens (including phenoxy) is 2. The highest BCUT2D eigenvalue weighted by Crippen LogP contribution is 2.40. The van der Waals surface area contributed by atoms with Crippen LogP contribution in [0.15, 0.2) is 77.9 Å². The minimum absolute atomic E-state index is 0.0579. The van der Waals surface area contributed by atoms with Crippen LogP contribution in [0.4, 0.5) is 0 Å². The molecule has 1 N–H and O–H groups in total. The van der Waals surface area contributed by atoms with E-state index in [1.165, 1.54) is 16.8 Å². The number of rotatable bonds is 6. The molecule has 1 aromatic carbocycles. The van der Waals surface area contributed by atoms with Crippen molar-refractivity contribution < 1.29 is 14.6 Å². The van der Waals surface area contributed by atoms with Gasteiger partial charge in [0, 0.05) is 29.8 Å². The summed E-state index contributed by atoms with van der Waals surface area (Å²) in [5.74, 6) is 1.73. The second-order valence-corrected chi connectivity index (χ2v) is 7.53. The highest BCUT2D eigenvalue weighted by molar-refractivity contribution is 5.75. The molecule has 0 fully saturated rings. The lowest BCUT2D eigenvalue weighted by atomic mass is 9.98. The first-order valence-electron chi connectivity index (χ1n) is 10.1. The number of allylic oxidation sites excluding steroid dienone is 8. The fourth-order valence-electron chi connectivity index (χ4n) is 3.93. The molecule has 0 aliphatic heterocycles. The van der Waals surface area contributed by atoms with Gasteiger partial charge in [-0.1, -0.05) is 48.1 Å². The zero-order chi connectivity index (χ0) is 21.1. The van der Waals surface area contributed by atoms with Crippen LogP contribution in [-0.2, 0) is 6.54 Å². The molecule has 0 radical (unpaired) electrons. The van der Waals surface area contributed by atoms with E-state index in [0.29, 0.717) is 6.54 Å². The molecule has 154 valence electrons. The molecule has 4 rings (SSSR count). The van der Waals surface area contributed by atoms with Crippen LogP contribution in [-0.4, -0.2) is 30.5 Å². The van der Waals surface area contributed by atoms with Gasteiger partial charge in [0.05, 0.1) is 26.5 Å². The predicted octanol–water partition coefficient (Wildman–Crippen LogP) is 5.27. The van der Waals surface area contributed by atoms with Crippen molar-refractivity contribution in [3.05, 3.63) is 89.2 Å². The summed E-state index contributed by atoms with van der Waals surface area (Å²) in [5.41, 5.74) is 6.66. The van der Waals surface area contributed by atoms with Crippen LogP contribution in [0, 0.1) is 0 Å². The number of aromatic nitrogens is 1. The van der Waals surface area contributed by atoms with E-state index in [1.54, 1.807) is 14.2 Å². The third-order valence-electron chi connectivity index (χ3n) is 5.61. The van der Waals surface area contributed by atoms with Gasteiger partial charge in [0.25, 0.3) is 0 Å². The molecular formula is C26H27NO3. The van der Waals surface area contributed by atoms with Crippen LogP contribution in [0.2, 0.25) is 0 Å². The largest absolute Gasteiger partial charge is 0.497 e. The fraction of sp³-hybridized carbons (Fsp3) is 0.231. The average molecular weight is 402 g/mol. The normalized spacial score (nSPS) is 17.3. The SMILES string of the molecule is COc1ccc(-c2cc3c(n2C/C=C(\C)CO)C=CC2=CC3C=CC=C2)c(OC)c1. The van der Waals surface area contributed by atoms with Gasteiger partial charge in [-0.05, 0) is 42.3 Å². The maximum Gasteiger partial charge on any atom is 0.131 e. The van der Waals surface area contributed by atoms with Gasteiger partial charge in [-0.2, -0.15) is 0 Å². The molecule has 4 heteroatoms. The van der Waals surface area contributed by atoms with Crippen LogP contribution in [0.3, 0.4) is 0 Å². The van der Waals surface area contributed by atoms with E-state index in [1.807, 2.05) is 25.1 Å². The first kappa shape index (κ1) is 20.0. The Labute approximate surface area is 177 Å². The summed E-state index contributed by atoms with van der Waals surface area (Å²) in [6.45, 7) is 2.67. The lowest BCUT2D eigenvalue weighted by Gasteiger charge is -2.15. The molecule has 4 nitrogen and oxygen atoms in total. The van der Waals surface area contributed by atoms with Gasteiger partial charge < -0.3 is 19.1 Å². The van der Waals surface area contributed by atoms with E-state index >= 15 is 0 Å². The number of hydrogen-bond donors (Lipinski definition) is 1. The van der Waals surface area contributed by atoms with Gasteiger partial charge in [-0.15, -0.1) is 0 Å². The van der Waals surface area contributed by atoms with Gasteiger partial charge >= 0.3 is 0 Å². The van der Waals surface area contributed by atoms with Crippen molar-refractivity contribution in [1.82, 2.24) is 4.57 Å². The minimum atomic E-state index is 0.0579. The number of aliphatic hydroxyl groups excluding tert-OH is 1. The molecule has 1 heterocycles. The monoisotopic (exact) mass is 401 g/mol. The number of fused-ring (bicyclic) bond motifs is 3. The van der Waals surface area contributed by atoms with Gasteiger partial charge in [0.2, 0.25) is 0 Å². The molecule has 30 heavy (non-hydrogen) atoms. The number of hydrogen-bond acceptors (Lipinski definition) is 3. The second-order valence-electron chi connectivity index (χ2n) is 7.53. The van der Waals surface area contributed by atoms with Crippen LogP contribution >= 0.6 is 0 Å². The quantitative estimate of drug-likeness (QED) is 0.670. The summed E-state index contributed by atoms with van der Waals surface area (Å²) in [7, 11) is 3.34. The molecule has 0 amide bonds. The van der Waals surface area contributed by atoms with Gasteiger partial charge in [0.15, 0.2) is 0 Å². The summed E-state index contributed by atoms with van der Waals surface area (Å²) >= 11 is 0. The Morgan fingerprint density at radius 1 is 1.10 bits per heavy atom. The van der Waals surface area contributed by atoms with Crippen molar-refractivity contribution in [2.45, 2.75) is 19.4 Å². The summed E-state index contributed by atoms with van der Waals surface area (Å²) in [4.78, 5) is 0. The molecule has 1 atom stereocenters. The number of methoxy groups -OCH3 is 2. The van der Waals surface area contributed by atoms with Crippen molar-refractivity contribution >= 4 is 6.08 Å². The van der Waals surface area contributed by atoms with Gasteiger partial charge in [-0.3, -0.25) is 0 Å². The zero-order valence-electron chi connectivity index (χ0n) is 17.6. The number of benzene rings is 1. The van der Waals surface area contributed by atoms with E-state index in [0.717, 1.165) is 28.3 Å². The maximum absolute atomic E-state index is 9.48. The van der Waals surface area contributed by atoms with Crippen LogP contribution in [0.1, 0.15) is 24.1 Å². The summed E-state index contributed by atoms with van der Waals surface area (Å²) in [6, 6.07) is 8.17. The predicted molar refractivity (Wildman–Crippen MR) is 122 cm³/mol. The third-order valence-corrected chi connectivity index (χ3v) is 5.61. The number of nitrogens with zero attached hydrogens (tertiary/aromatic N) is 1. The lowest BCUT2D eigenvalue weighted by molar-refractivity contribution is 0.330. The minimum Gasteiger partial charge on any atom is -0.497 e. The van der Waals surface area contributed by atoms with Crippen LogP contribution in [0.25, 0.3) is 17.3 Å². The highest BCUT2D eigenvalue weighted by Gasteiger charge is 2.22. The average Bonchev–Trinajstić information content (AvgIpc) is 2.90. The van der Waals surface area contributed by atoms with Crippen molar-refractivity contribution in [2.75, 3.05) is 20.8 Å². The van der Waals surface area contributed by atoms with Gasteiger partial charge in [-0.25, -0.2) is 0 Å². The molecule has 1 unspecified atom stereocenters. The standard InChI is InChI=1S/C26H27NO3/c1-18(17-28)12-13-27-24-11-8-19-6-4-5-7-20(14-19)23(24)16-25(27)22-10-9-21(29-2)15-26(22)30-3/h4-12,14-16,20,28H,13,17H2,1-3H3/b18-12+. The molecular weight excluding hydrogens is 374 g/mol. The first-order chi connectivity index (χ1) is 14.6. The summed E-state index contributed by atoms with van der Waals surface area (Å²) in [6.07, 6.45) is 17.3. The molecule has 2 bridgehead atoms. The Balaban J connectivity index is 1.91. The smallest absolute Gasteiger partial charge is 0.131 e. The lowest BCUT2D eigenvalue weighted by Crippen LogP contribution is -2.04. The first-order valence-corrected chi connectivity index (χ1v) is 10.1. The Morgan fingerprint density at radius 3 is 2.73 bits per heavy atom. The van der Waals surface area contributed by atoms with Crippen molar-refractivity contribution in [3.63, 3.8) is 0 Å². The molecule has 2 aromatic rings. The van der Waals surface area contributed by atoms with E-state index < -0.39 is 0 Å². The van der Waals surface area contributed by atoms with E-state index in [9.17, 15) is 5.11 Å². The third kappa shape index (κ3) is 3.79. The molecule has 0 saturated heterocycles. The molecule has 2 aliphatic rings. The summed E-state index contributed by atoms with van der Waals surface area (Å²) < 4.78 is 13.4. The highest BCUT2D eigenvalue weighted by atomic mass is 16.5. The molecule has 1 aromatic heterocycles. The van der Waals surface area contributed by atoms with Crippen LogP contribution in [0.5, 0.6) is 11.5 Å². The Kier molecular flexibility index (Phi) is 5.77. The molecule has 2 aliphatic carbocycles. The fourth-order valence-corrected chi connectivity index (χ4v) is 3.93. The second kappa shape index (κ2) is 8.64. The van der Waals surface area contributed by atoms with E-state index in [2.05, 4.69) is 59.2 Å².